The van der Waals surface area contributed by atoms with Crippen LogP contribution in [0.15, 0.2) is 65.7 Å². The molecule has 164 valence electrons. The molecule has 0 saturated carbocycles. The van der Waals surface area contributed by atoms with Crippen molar-refractivity contribution in [2.24, 2.45) is 5.92 Å². The third kappa shape index (κ3) is 4.12. The Labute approximate surface area is 188 Å². The fourth-order valence-corrected chi connectivity index (χ4v) is 5.20. The average molecular weight is 428 g/mol. The third-order valence-corrected chi connectivity index (χ3v) is 6.92. The van der Waals surface area contributed by atoms with E-state index in [4.69, 9.17) is 0 Å². The quantitative estimate of drug-likeness (QED) is 0.622. The van der Waals surface area contributed by atoms with E-state index in [9.17, 15) is 9.59 Å². The number of amides is 1. The van der Waals surface area contributed by atoms with E-state index < -0.39 is 0 Å². The lowest BCUT2D eigenvalue weighted by Gasteiger charge is -2.34. The van der Waals surface area contributed by atoms with E-state index in [-0.39, 0.29) is 11.5 Å². The van der Waals surface area contributed by atoms with Crippen LogP contribution in [0.1, 0.15) is 47.3 Å². The Morgan fingerprint density at radius 2 is 1.81 bits per heavy atom. The molecule has 1 amide bonds. The molecule has 0 unspecified atom stereocenters. The molecule has 0 spiro atoms. The Bertz CT molecular complexity index is 1150. The van der Waals surface area contributed by atoms with Gasteiger partial charge in [0.1, 0.15) is 0 Å². The Kier molecular flexibility index (Phi) is 5.89. The standard InChI is InChI=1S/C27H29N3O2/c31-25-18-23(22-9-6-13-28-19-22)26(24-10-4-5-14-30(24)25)27(32)29-15-11-21(12-16-29)17-20-7-2-1-3-8-20/h1-3,6-9,13,18-19,21H,4-5,10-12,14-17H2. The zero-order valence-corrected chi connectivity index (χ0v) is 18.4. The van der Waals surface area contributed by atoms with Gasteiger partial charge in [0.2, 0.25) is 0 Å². The fraction of sp³-hybridized carbons (Fsp3) is 0.370. The highest BCUT2D eigenvalue weighted by atomic mass is 16.2. The van der Waals surface area contributed by atoms with Crippen LogP contribution in [0.4, 0.5) is 0 Å². The molecule has 3 aromatic rings. The average Bonchev–Trinajstić information content (AvgIpc) is 2.85. The lowest BCUT2D eigenvalue weighted by atomic mass is 9.89. The van der Waals surface area contributed by atoms with Gasteiger partial charge in [0.05, 0.1) is 5.56 Å². The fourth-order valence-electron chi connectivity index (χ4n) is 5.20. The van der Waals surface area contributed by atoms with Crippen molar-refractivity contribution in [1.82, 2.24) is 14.5 Å². The number of rotatable bonds is 4. The number of aromatic nitrogens is 2. The number of fused-ring (bicyclic) bond motifs is 1. The predicted octanol–water partition coefficient (Wildman–Crippen LogP) is 4.34. The SMILES string of the molecule is O=C(c1c(-c2cccnc2)cc(=O)n2c1CCCC2)N1CCC(Cc2ccccc2)CC1. The normalized spacial score (nSPS) is 16.6. The monoisotopic (exact) mass is 427 g/mol. The van der Waals surface area contributed by atoms with Crippen molar-refractivity contribution in [3.8, 4) is 11.1 Å². The van der Waals surface area contributed by atoms with Crippen LogP contribution < -0.4 is 5.56 Å². The Balaban J connectivity index is 1.43. The minimum atomic E-state index is -0.0170. The molecule has 0 atom stereocenters. The first kappa shape index (κ1) is 20.7. The van der Waals surface area contributed by atoms with Gasteiger partial charge in [-0.15, -0.1) is 0 Å². The van der Waals surface area contributed by atoms with E-state index in [2.05, 4.69) is 35.3 Å². The van der Waals surface area contributed by atoms with E-state index in [1.807, 2.05) is 21.6 Å². The first-order valence-corrected chi connectivity index (χ1v) is 11.7. The summed E-state index contributed by atoms with van der Waals surface area (Å²) in [7, 11) is 0. The van der Waals surface area contributed by atoms with Crippen molar-refractivity contribution in [1.29, 1.82) is 0 Å². The summed E-state index contributed by atoms with van der Waals surface area (Å²) in [6, 6.07) is 16.0. The minimum Gasteiger partial charge on any atom is -0.339 e. The third-order valence-electron chi connectivity index (χ3n) is 6.92. The largest absolute Gasteiger partial charge is 0.339 e. The summed E-state index contributed by atoms with van der Waals surface area (Å²) in [5.41, 5.74) is 4.52. The van der Waals surface area contributed by atoms with Crippen LogP contribution in [-0.2, 0) is 19.4 Å². The van der Waals surface area contributed by atoms with Gasteiger partial charge in [-0.25, -0.2) is 0 Å². The highest BCUT2D eigenvalue weighted by molar-refractivity contribution is 6.02. The molecule has 2 aliphatic rings. The lowest BCUT2D eigenvalue weighted by molar-refractivity contribution is 0.0688. The Morgan fingerprint density at radius 1 is 1.00 bits per heavy atom. The number of pyridine rings is 2. The van der Waals surface area contributed by atoms with Crippen LogP contribution >= 0.6 is 0 Å². The van der Waals surface area contributed by atoms with Gasteiger partial charge in [0.15, 0.2) is 0 Å². The summed E-state index contributed by atoms with van der Waals surface area (Å²) in [5.74, 6) is 0.666. The number of carbonyl (C=O) groups excluding carboxylic acids is 1. The van der Waals surface area contributed by atoms with Crippen molar-refractivity contribution in [2.75, 3.05) is 13.1 Å². The van der Waals surface area contributed by atoms with E-state index >= 15 is 0 Å². The van der Waals surface area contributed by atoms with Gasteiger partial charge in [-0.3, -0.25) is 14.6 Å². The second-order valence-electron chi connectivity index (χ2n) is 8.99. The molecule has 0 bridgehead atoms. The van der Waals surface area contributed by atoms with Crippen LogP contribution in [0.25, 0.3) is 11.1 Å². The molecule has 32 heavy (non-hydrogen) atoms. The smallest absolute Gasteiger partial charge is 0.256 e. The zero-order chi connectivity index (χ0) is 21.9. The highest BCUT2D eigenvalue weighted by Crippen LogP contribution is 2.30. The van der Waals surface area contributed by atoms with Crippen LogP contribution in [0.3, 0.4) is 0 Å². The molecular weight excluding hydrogens is 398 g/mol. The maximum absolute atomic E-state index is 13.8. The molecule has 1 aromatic carbocycles. The van der Waals surface area contributed by atoms with Crippen LogP contribution in [0.5, 0.6) is 0 Å². The van der Waals surface area contributed by atoms with Crippen LogP contribution in [0, 0.1) is 5.92 Å². The summed E-state index contributed by atoms with van der Waals surface area (Å²) in [5, 5.41) is 0. The summed E-state index contributed by atoms with van der Waals surface area (Å²) >= 11 is 0. The molecule has 5 rings (SSSR count). The second-order valence-corrected chi connectivity index (χ2v) is 8.99. The maximum Gasteiger partial charge on any atom is 0.256 e. The molecule has 2 aliphatic heterocycles. The van der Waals surface area contributed by atoms with Gasteiger partial charge >= 0.3 is 0 Å². The Hall–Kier alpha value is -3.21. The van der Waals surface area contributed by atoms with E-state index in [1.54, 1.807) is 18.5 Å². The van der Waals surface area contributed by atoms with Crippen LogP contribution in [-0.4, -0.2) is 33.4 Å². The first-order chi connectivity index (χ1) is 15.7. The topological polar surface area (TPSA) is 55.2 Å². The van der Waals surface area contributed by atoms with E-state index in [0.717, 1.165) is 68.4 Å². The summed E-state index contributed by atoms with van der Waals surface area (Å²) in [6.45, 7) is 2.23. The zero-order valence-electron chi connectivity index (χ0n) is 18.4. The molecule has 1 fully saturated rings. The summed E-state index contributed by atoms with van der Waals surface area (Å²) in [4.78, 5) is 32.9. The lowest BCUT2D eigenvalue weighted by Crippen LogP contribution is -2.41. The number of nitrogens with zero attached hydrogens (tertiary/aromatic N) is 3. The summed E-state index contributed by atoms with van der Waals surface area (Å²) < 4.78 is 1.82. The van der Waals surface area contributed by atoms with Crippen molar-refractivity contribution >= 4 is 5.91 Å². The number of carbonyl (C=O) groups is 1. The van der Waals surface area contributed by atoms with Crippen molar-refractivity contribution in [3.63, 3.8) is 0 Å². The van der Waals surface area contributed by atoms with Gasteiger partial charge in [-0.1, -0.05) is 36.4 Å². The number of hydrogen-bond donors (Lipinski definition) is 0. The van der Waals surface area contributed by atoms with Crippen LogP contribution in [0.2, 0.25) is 0 Å². The van der Waals surface area contributed by atoms with Gasteiger partial charge in [-0.05, 0) is 56.1 Å². The van der Waals surface area contributed by atoms with E-state index in [0.29, 0.717) is 18.0 Å². The molecule has 0 aliphatic carbocycles. The predicted molar refractivity (Wildman–Crippen MR) is 126 cm³/mol. The van der Waals surface area contributed by atoms with E-state index in [1.165, 1.54) is 5.56 Å². The highest BCUT2D eigenvalue weighted by Gasteiger charge is 2.30. The van der Waals surface area contributed by atoms with Crippen molar-refractivity contribution < 1.29 is 4.79 Å². The molecule has 5 heteroatoms. The summed E-state index contributed by atoms with van der Waals surface area (Å²) in [6.07, 6.45) is 9.32. The van der Waals surface area contributed by atoms with Crippen molar-refractivity contribution in [2.45, 2.75) is 45.1 Å². The minimum absolute atomic E-state index is 0.0170. The molecule has 0 N–H and O–H groups in total. The molecule has 5 nitrogen and oxygen atoms in total. The van der Waals surface area contributed by atoms with Gasteiger partial charge in [0, 0.05) is 54.9 Å². The number of likely N-dealkylation sites (tertiary alicyclic amines) is 1. The molecular formula is C27H29N3O2. The molecule has 1 saturated heterocycles. The maximum atomic E-state index is 13.8. The first-order valence-electron chi connectivity index (χ1n) is 11.7. The molecule has 2 aromatic heterocycles. The Morgan fingerprint density at radius 3 is 2.56 bits per heavy atom. The number of benzene rings is 1. The van der Waals surface area contributed by atoms with Gasteiger partial charge < -0.3 is 9.47 Å². The van der Waals surface area contributed by atoms with Gasteiger partial charge in [-0.2, -0.15) is 0 Å². The second kappa shape index (κ2) is 9.11. The van der Waals surface area contributed by atoms with Gasteiger partial charge in [0.25, 0.3) is 11.5 Å². The molecule has 0 radical (unpaired) electrons. The number of piperidine rings is 1. The molecule has 4 heterocycles. The van der Waals surface area contributed by atoms with Crippen molar-refractivity contribution in [3.05, 3.63) is 88.1 Å². The number of hydrogen-bond acceptors (Lipinski definition) is 3.